The Morgan fingerprint density at radius 3 is 2.00 bits per heavy atom. The van der Waals surface area contributed by atoms with Gasteiger partial charge in [0.2, 0.25) is 0 Å². The van der Waals surface area contributed by atoms with Crippen LogP contribution in [0.5, 0.6) is 0 Å². The van der Waals surface area contributed by atoms with Crippen LogP contribution < -0.4 is 0 Å². The standard InChI is InChI=1S/C17H29NO2/c19-17(20)14-10-8-6-4-2-1-3-5-7-9-12-16-13-11-15-18-16/h11,13H,1-10,12,14-15H2,(H,19,20). The van der Waals surface area contributed by atoms with E-state index in [2.05, 4.69) is 17.1 Å². The van der Waals surface area contributed by atoms with Gasteiger partial charge in [-0.3, -0.25) is 9.79 Å². The van der Waals surface area contributed by atoms with Crippen molar-refractivity contribution >= 4 is 11.7 Å². The van der Waals surface area contributed by atoms with E-state index < -0.39 is 5.97 Å². The van der Waals surface area contributed by atoms with Crippen LogP contribution in [0.1, 0.15) is 77.0 Å². The van der Waals surface area contributed by atoms with Crippen molar-refractivity contribution in [1.82, 2.24) is 0 Å². The Morgan fingerprint density at radius 2 is 1.50 bits per heavy atom. The van der Waals surface area contributed by atoms with Gasteiger partial charge in [-0.25, -0.2) is 0 Å². The van der Waals surface area contributed by atoms with Crippen LogP contribution >= 0.6 is 0 Å². The van der Waals surface area contributed by atoms with Gasteiger partial charge in [0, 0.05) is 12.1 Å². The van der Waals surface area contributed by atoms with Crippen LogP contribution in [0.4, 0.5) is 0 Å². The first-order chi connectivity index (χ1) is 9.79. The molecule has 0 atom stereocenters. The number of unbranched alkanes of at least 4 members (excludes halogenated alkanes) is 9. The second-order valence-electron chi connectivity index (χ2n) is 5.66. The number of rotatable bonds is 13. The summed E-state index contributed by atoms with van der Waals surface area (Å²) in [7, 11) is 0. The van der Waals surface area contributed by atoms with Crippen LogP contribution in [0.15, 0.2) is 17.1 Å². The van der Waals surface area contributed by atoms with Crippen molar-refractivity contribution in [3.8, 4) is 0 Å². The fraction of sp³-hybridized carbons (Fsp3) is 0.765. The third kappa shape index (κ3) is 9.76. The molecule has 20 heavy (non-hydrogen) atoms. The summed E-state index contributed by atoms with van der Waals surface area (Å²) in [6.07, 6.45) is 18.1. The van der Waals surface area contributed by atoms with Gasteiger partial charge >= 0.3 is 5.97 Å². The lowest BCUT2D eigenvalue weighted by Crippen LogP contribution is -1.93. The number of allylic oxidation sites excluding steroid dienone is 1. The lowest BCUT2D eigenvalue weighted by molar-refractivity contribution is -0.137. The van der Waals surface area contributed by atoms with Crippen molar-refractivity contribution in [3.63, 3.8) is 0 Å². The molecular formula is C17H29NO2. The van der Waals surface area contributed by atoms with Gasteiger partial charge in [-0.05, 0) is 25.3 Å². The first-order valence-electron chi connectivity index (χ1n) is 8.20. The quantitative estimate of drug-likeness (QED) is 0.494. The molecule has 0 saturated carbocycles. The number of aliphatic carboxylic acids is 1. The maximum atomic E-state index is 10.3. The van der Waals surface area contributed by atoms with Crippen molar-refractivity contribution in [2.24, 2.45) is 4.99 Å². The molecule has 1 aliphatic heterocycles. The molecule has 0 aromatic carbocycles. The highest BCUT2D eigenvalue weighted by atomic mass is 16.4. The average molecular weight is 279 g/mol. The molecule has 1 rings (SSSR count). The third-order valence-electron chi connectivity index (χ3n) is 3.78. The maximum Gasteiger partial charge on any atom is 0.303 e. The summed E-state index contributed by atoms with van der Waals surface area (Å²) in [4.78, 5) is 14.7. The molecule has 0 aromatic heterocycles. The maximum absolute atomic E-state index is 10.3. The largest absolute Gasteiger partial charge is 0.481 e. The number of nitrogens with zero attached hydrogens (tertiary/aromatic N) is 1. The van der Waals surface area contributed by atoms with E-state index in [0.29, 0.717) is 6.42 Å². The molecule has 0 bridgehead atoms. The summed E-state index contributed by atoms with van der Waals surface area (Å²) in [5.74, 6) is -0.663. The van der Waals surface area contributed by atoms with E-state index in [1.54, 1.807) is 0 Å². The summed E-state index contributed by atoms with van der Waals surface area (Å²) in [6, 6.07) is 0. The Morgan fingerprint density at radius 1 is 0.950 bits per heavy atom. The lowest BCUT2D eigenvalue weighted by Gasteiger charge is -2.02. The predicted molar refractivity (Wildman–Crippen MR) is 84.5 cm³/mol. The smallest absolute Gasteiger partial charge is 0.303 e. The zero-order valence-electron chi connectivity index (χ0n) is 12.6. The fourth-order valence-electron chi connectivity index (χ4n) is 2.57. The molecule has 0 spiro atoms. The second-order valence-corrected chi connectivity index (χ2v) is 5.66. The zero-order valence-corrected chi connectivity index (χ0v) is 12.6. The Hall–Kier alpha value is -1.12. The molecule has 1 aliphatic rings. The number of carbonyl (C=O) groups is 1. The summed E-state index contributed by atoms with van der Waals surface area (Å²) in [5.41, 5.74) is 1.28. The van der Waals surface area contributed by atoms with E-state index in [1.165, 1.54) is 57.1 Å². The monoisotopic (exact) mass is 279 g/mol. The summed E-state index contributed by atoms with van der Waals surface area (Å²) >= 11 is 0. The van der Waals surface area contributed by atoms with E-state index in [0.717, 1.165) is 25.8 Å². The van der Waals surface area contributed by atoms with Gasteiger partial charge in [-0.2, -0.15) is 0 Å². The van der Waals surface area contributed by atoms with Crippen molar-refractivity contribution in [1.29, 1.82) is 0 Å². The molecular weight excluding hydrogens is 250 g/mol. The van der Waals surface area contributed by atoms with Gasteiger partial charge in [0.25, 0.3) is 0 Å². The Balaban J connectivity index is 1.72. The van der Waals surface area contributed by atoms with Crippen molar-refractivity contribution < 1.29 is 9.90 Å². The van der Waals surface area contributed by atoms with Gasteiger partial charge < -0.3 is 5.11 Å². The normalized spacial score (nSPS) is 13.7. The molecule has 1 heterocycles. The SMILES string of the molecule is O=C(O)CCCCCCCCCCCCC1=NCC=C1. The molecule has 0 radical (unpaired) electrons. The molecule has 3 nitrogen and oxygen atoms in total. The minimum Gasteiger partial charge on any atom is -0.481 e. The van der Waals surface area contributed by atoms with Crippen LogP contribution in [0.2, 0.25) is 0 Å². The number of hydrogen-bond acceptors (Lipinski definition) is 2. The first-order valence-corrected chi connectivity index (χ1v) is 8.20. The topological polar surface area (TPSA) is 49.7 Å². The summed E-state index contributed by atoms with van der Waals surface area (Å²) in [5, 5.41) is 8.52. The van der Waals surface area contributed by atoms with E-state index in [-0.39, 0.29) is 0 Å². The summed E-state index contributed by atoms with van der Waals surface area (Å²) < 4.78 is 0. The number of aliphatic imine (C=N–C) groups is 1. The van der Waals surface area contributed by atoms with E-state index in [9.17, 15) is 4.79 Å². The highest BCUT2D eigenvalue weighted by molar-refractivity contribution is 5.96. The highest BCUT2D eigenvalue weighted by Crippen LogP contribution is 2.12. The van der Waals surface area contributed by atoms with Crippen LogP contribution in [0.3, 0.4) is 0 Å². The minimum atomic E-state index is -0.663. The molecule has 1 N–H and O–H groups in total. The first kappa shape index (κ1) is 16.9. The Bertz CT molecular complexity index is 321. The lowest BCUT2D eigenvalue weighted by atomic mass is 10.0. The van der Waals surface area contributed by atoms with Gasteiger partial charge in [0.15, 0.2) is 0 Å². The molecule has 0 aromatic rings. The molecule has 114 valence electrons. The average Bonchev–Trinajstić information content (AvgIpc) is 2.93. The number of carboxylic acid groups (broad SMARTS) is 1. The van der Waals surface area contributed by atoms with Crippen molar-refractivity contribution in [2.75, 3.05) is 6.54 Å². The predicted octanol–water partition coefficient (Wildman–Crippen LogP) is 4.76. The molecule has 0 amide bonds. The summed E-state index contributed by atoms with van der Waals surface area (Å²) in [6.45, 7) is 0.891. The fourth-order valence-corrected chi connectivity index (χ4v) is 2.57. The molecule has 0 aliphatic carbocycles. The Kier molecular flexibility index (Phi) is 9.89. The molecule has 3 heteroatoms. The zero-order chi connectivity index (χ0) is 14.5. The number of hydrogen-bond donors (Lipinski definition) is 1. The van der Waals surface area contributed by atoms with Gasteiger partial charge in [0.05, 0.1) is 6.54 Å². The van der Waals surface area contributed by atoms with E-state index in [1.807, 2.05) is 0 Å². The van der Waals surface area contributed by atoms with Crippen LogP contribution in [0.25, 0.3) is 0 Å². The third-order valence-corrected chi connectivity index (χ3v) is 3.78. The highest BCUT2D eigenvalue weighted by Gasteiger charge is 1.99. The van der Waals surface area contributed by atoms with Crippen molar-refractivity contribution in [3.05, 3.63) is 12.2 Å². The number of carboxylic acids is 1. The van der Waals surface area contributed by atoms with E-state index in [4.69, 9.17) is 5.11 Å². The second kappa shape index (κ2) is 11.7. The van der Waals surface area contributed by atoms with Gasteiger partial charge in [-0.15, -0.1) is 0 Å². The molecule has 0 fully saturated rings. The van der Waals surface area contributed by atoms with Crippen molar-refractivity contribution in [2.45, 2.75) is 77.0 Å². The molecule has 0 unspecified atom stereocenters. The van der Waals surface area contributed by atoms with Crippen LogP contribution in [-0.2, 0) is 4.79 Å². The molecule has 0 saturated heterocycles. The van der Waals surface area contributed by atoms with Gasteiger partial charge in [-0.1, -0.05) is 57.4 Å². The van der Waals surface area contributed by atoms with Gasteiger partial charge in [0.1, 0.15) is 0 Å². The van der Waals surface area contributed by atoms with Crippen LogP contribution in [0, 0.1) is 0 Å². The van der Waals surface area contributed by atoms with Crippen LogP contribution in [-0.4, -0.2) is 23.3 Å². The van der Waals surface area contributed by atoms with E-state index >= 15 is 0 Å². The minimum absolute atomic E-state index is 0.334. The Labute approximate surface area is 123 Å².